The summed E-state index contributed by atoms with van der Waals surface area (Å²) in [6.45, 7) is 1.66. The summed E-state index contributed by atoms with van der Waals surface area (Å²) in [5, 5.41) is 5.52. The molecule has 2 fully saturated rings. The lowest BCUT2D eigenvalue weighted by atomic mass is 9.81. The van der Waals surface area contributed by atoms with Crippen molar-refractivity contribution in [1.29, 1.82) is 0 Å². The van der Waals surface area contributed by atoms with E-state index in [1.165, 1.54) is 0 Å². The number of hydrogen-bond donors (Lipinski definition) is 2. The Balaban J connectivity index is 2.11. The molecule has 0 saturated carbocycles. The maximum absolute atomic E-state index is 11.3. The van der Waals surface area contributed by atoms with E-state index < -0.39 is 0 Å². The van der Waals surface area contributed by atoms with E-state index >= 15 is 0 Å². The smallest absolute Gasteiger partial charge is 0.231 e. The van der Waals surface area contributed by atoms with Gasteiger partial charge in [0.15, 0.2) is 0 Å². The molecular weight excluding hydrogens is 156 g/mol. The molecule has 0 aliphatic carbocycles. The van der Waals surface area contributed by atoms with E-state index in [4.69, 9.17) is 0 Å². The molecule has 2 heterocycles. The summed E-state index contributed by atoms with van der Waals surface area (Å²) in [5.41, 5.74) is 0. The van der Waals surface area contributed by atoms with Crippen molar-refractivity contribution in [2.75, 3.05) is 13.1 Å². The van der Waals surface area contributed by atoms with Gasteiger partial charge >= 0.3 is 0 Å². The Morgan fingerprint density at radius 2 is 2.17 bits per heavy atom. The summed E-state index contributed by atoms with van der Waals surface area (Å²) in [7, 11) is 0. The first-order chi connectivity index (χ1) is 5.77. The maximum atomic E-state index is 11.3. The summed E-state index contributed by atoms with van der Waals surface area (Å²) < 4.78 is 0. The van der Waals surface area contributed by atoms with Crippen molar-refractivity contribution in [2.45, 2.75) is 12.8 Å². The van der Waals surface area contributed by atoms with Crippen molar-refractivity contribution in [3.8, 4) is 0 Å². The summed E-state index contributed by atoms with van der Waals surface area (Å²) in [5.74, 6) is 0.107. The zero-order valence-electron chi connectivity index (χ0n) is 6.80. The average Bonchev–Trinajstić information content (AvgIpc) is 2.04. The first kappa shape index (κ1) is 7.73. The molecule has 2 amide bonds. The molecule has 0 aromatic rings. The van der Waals surface area contributed by atoms with Crippen LogP contribution < -0.4 is 10.6 Å². The van der Waals surface area contributed by atoms with Gasteiger partial charge in [0.2, 0.25) is 11.8 Å². The Bertz CT molecular complexity index is 227. The number of amides is 2. The molecule has 2 atom stereocenters. The standard InChI is InChI=1S/C8H12N2O2/c11-7-3-5-1-2-9-4-6(5)8(12)10-7/h5-6,9H,1-4H2,(H,10,11,12). The van der Waals surface area contributed by atoms with E-state index in [9.17, 15) is 9.59 Å². The van der Waals surface area contributed by atoms with Gasteiger partial charge in [-0.2, -0.15) is 0 Å². The topological polar surface area (TPSA) is 58.2 Å². The van der Waals surface area contributed by atoms with Gasteiger partial charge in [0.25, 0.3) is 0 Å². The Morgan fingerprint density at radius 1 is 1.33 bits per heavy atom. The molecule has 0 radical (unpaired) electrons. The molecule has 0 aromatic heterocycles. The number of imide groups is 1. The van der Waals surface area contributed by atoms with Crippen LogP contribution in [0.15, 0.2) is 0 Å². The molecule has 66 valence electrons. The van der Waals surface area contributed by atoms with Gasteiger partial charge in [-0.3, -0.25) is 14.9 Å². The summed E-state index contributed by atoms with van der Waals surface area (Å²) >= 11 is 0. The zero-order valence-corrected chi connectivity index (χ0v) is 6.80. The number of nitrogens with one attached hydrogen (secondary N) is 2. The molecule has 2 N–H and O–H groups in total. The van der Waals surface area contributed by atoms with Crippen LogP contribution in [0.3, 0.4) is 0 Å². The third-order valence-electron chi connectivity index (χ3n) is 2.67. The lowest BCUT2D eigenvalue weighted by molar-refractivity contribution is -0.139. The van der Waals surface area contributed by atoms with Gasteiger partial charge in [0.05, 0.1) is 5.92 Å². The number of carbonyl (C=O) groups excluding carboxylic acids is 2. The maximum Gasteiger partial charge on any atom is 0.231 e. The van der Waals surface area contributed by atoms with Crippen LogP contribution in [-0.4, -0.2) is 24.9 Å². The monoisotopic (exact) mass is 168 g/mol. The third kappa shape index (κ3) is 1.22. The first-order valence-electron chi connectivity index (χ1n) is 4.32. The molecule has 0 bridgehead atoms. The van der Waals surface area contributed by atoms with E-state index in [1.54, 1.807) is 0 Å². The third-order valence-corrected chi connectivity index (χ3v) is 2.67. The molecule has 12 heavy (non-hydrogen) atoms. The minimum absolute atomic E-state index is 0.0245. The number of carbonyl (C=O) groups is 2. The van der Waals surface area contributed by atoms with Crippen molar-refractivity contribution in [3.63, 3.8) is 0 Å². The summed E-state index contributed by atoms with van der Waals surface area (Å²) in [6.07, 6.45) is 1.47. The molecule has 0 spiro atoms. The van der Waals surface area contributed by atoms with Crippen molar-refractivity contribution in [3.05, 3.63) is 0 Å². The molecule has 2 aliphatic heterocycles. The van der Waals surface area contributed by atoms with Gasteiger partial charge in [0, 0.05) is 13.0 Å². The molecule has 4 nitrogen and oxygen atoms in total. The van der Waals surface area contributed by atoms with Gasteiger partial charge in [-0.05, 0) is 18.9 Å². The van der Waals surface area contributed by atoms with Crippen LogP contribution in [-0.2, 0) is 9.59 Å². The predicted octanol–water partition coefficient (Wildman–Crippen LogP) is -0.741. The Labute approximate surface area is 70.7 Å². The van der Waals surface area contributed by atoms with Crippen LogP contribution in [0, 0.1) is 11.8 Å². The van der Waals surface area contributed by atoms with E-state index in [1.807, 2.05) is 0 Å². The zero-order chi connectivity index (χ0) is 8.55. The highest BCUT2D eigenvalue weighted by atomic mass is 16.2. The number of rotatable bonds is 0. The van der Waals surface area contributed by atoms with Crippen molar-refractivity contribution >= 4 is 11.8 Å². The Morgan fingerprint density at radius 3 is 3.00 bits per heavy atom. The van der Waals surface area contributed by atoms with E-state index in [0.29, 0.717) is 6.42 Å². The highest BCUT2D eigenvalue weighted by Gasteiger charge is 2.36. The summed E-state index contributed by atoms with van der Waals surface area (Å²) in [4.78, 5) is 22.2. The quantitative estimate of drug-likeness (QED) is 0.468. The van der Waals surface area contributed by atoms with Gasteiger partial charge in [0.1, 0.15) is 0 Å². The lowest BCUT2D eigenvalue weighted by Crippen LogP contribution is -2.52. The molecule has 2 unspecified atom stereocenters. The fourth-order valence-corrected chi connectivity index (χ4v) is 1.98. The van der Waals surface area contributed by atoms with Crippen LogP contribution in [0.4, 0.5) is 0 Å². The minimum Gasteiger partial charge on any atom is -0.316 e. The fraction of sp³-hybridized carbons (Fsp3) is 0.750. The van der Waals surface area contributed by atoms with Crippen molar-refractivity contribution in [1.82, 2.24) is 10.6 Å². The van der Waals surface area contributed by atoms with E-state index in [-0.39, 0.29) is 23.7 Å². The highest BCUT2D eigenvalue weighted by Crippen LogP contribution is 2.25. The number of hydrogen-bond acceptors (Lipinski definition) is 3. The van der Waals surface area contributed by atoms with Crippen molar-refractivity contribution in [2.24, 2.45) is 11.8 Å². The molecule has 4 heteroatoms. The first-order valence-corrected chi connectivity index (χ1v) is 4.32. The number of piperidine rings is 2. The molecule has 0 aromatic carbocycles. The lowest BCUT2D eigenvalue weighted by Gasteiger charge is -2.33. The van der Waals surface area contributed by atoms with Crippen LogP contribution >= 0.6 is 0 Å². The Hall–Kier alpha value is -0.900. The van der Waals surface area contributed by atoms with Crippen molar-refractivity contribution < 1.29 is 9.59 Å². The fourth-order valence-electron chi connectivity index (χ4n) is 1.98. The van der Waals surface area contributed by atoms with Crippen LogP contribution in [0.25, 0.3) is 0 Å². The summed E-state index contributed by atoms with van der Waals surface area (Å²) in [6, 6.07) is 0. The molecular formula is C8H12N2O2. The second-order valence-corrected chi connectivity index (χ2v) is 3.48. The number of fused-ring (bicyclic) bond motifs is 1. The van der Waals surface area contributed by atoms with E-state index in [2.05, 4.69) is 10.6 Å². The predicted molar refractivity (Wildman–Crippen MR) is 42.2 cm³/mol. The second-order valence-electron chi connectivity index (χ2n) is 3.48. The largest absolute Gasteiger partial charge is 0.316 e. The van der Waals surface area contributed by atoms with E-state index in [0.717, 1.165) is 19.5 Å². The van der Waals surface area contributed by atoms with Crippen LogP contribution in [0.2, 0.25) is 0 Å². The van der Waals surface area contributed by atoms with Gasteiger partial charge in [-0.15, -0.1) is 0 Å². The normalized spacial score (nSPS) is 35.7. The van der Waals surface area contributed by atoms with Gasteiger partial charge in [-0.25, -0.2) is 0 Å². The molecule has 2 saturated heterocycles. The second kappa shape index (κ2) is 2.86. The Kier molecular flexibility index (Phi) is 1.84. The minimum atomic E-state index is -0.108. The van der Waals surface area contributed by atoms with Gasteiger partial charge in [-0.1, -0.05) is 0 Å². The molecule has 2 aliphatic rings. The molecule has 2 rings (SSSR count). The SMILES string of the molecule is O=C1CC2CCNCC2C(=O)N1. The van der Waals surface area contributed by atoms with Crippen LogP contribution in [0.5, 0.6) is 0 Å². The van der Waals surface area contributed by atoms with Gasteiger partial charge < -0.3 is 5.32 Å². The van der Waals surface area contributed by atoms with Crippen LogP contribution in [0.1, 0.15) is 12.8 Å². The average molecular weight is 168 g/mol. The highest BCUT2D eigenvalue weighted by molar-refractivity contribution is 5.99.